The van der Waals surface area contributed by atoms with E-state index in [1.165, 1.54) is 5.56 Å². The zero-order chi connectivity index (χ0) is 22.9. The fourth-order valence-electron chi connectivity index (χ4n) is 3.20. The molecule has 3 aromatic carbocycles. The molecule has 3 rings (SSSR count). The largest absolute Gasteiger partial charge is 0.348 e. The number of carbonyl (C=O) groups excluding carboxylic acids is 3. The van der Waals surface area contributed by atoms with Gasteiger partial charge in [0.1, 0.15) is 0 Å². The van der Waals surface area contributed by atoms with E-state index in [0.717, 1.165) is 23.1 Å². The van der Waals surface area contributed by atoms with Crippen LogP contribution in [0.15, 0.2) is 72.8 Å². The standard InChI is InChI=1S/C26H27N3O3/c1-3-19-12-14-20(15-13-19)16-27-25(31)26(32)29-23-11-7-6-10-22(23)24(30)28-17-21-9-5-4-8-18(21)2/h4-15H,3,16-17H2,1-2H3,(H,27,31)(H,28,30)(H,29,32). The highest BCUT2D eigenvalue weighted by molar-refractivity contribution is 6.40. The van der Waals surface area contributed by atoms with Gasteiger partial charge in [-0.3, -0.25) is 14.4 Å². The molecule has 0 atom stereocenters. The highest BCUT2D eigenvalue weighted by Gasteiger charge is 2.17. The van der Waals surface area contributed by atoms with Gasteiger partial charge in [0.15, 0.2) is 0 Å². The van der Waals surface area contributed by atoms with Crippen LogP contribution < -0.4 is 16.0 Å². The van der Waals surface area contributed by atoms with E-state index < -0.39 is 11.8 Å². The van der Waals surface area contributed by atoms with Crippen LogP contribution in [0.25, 0.3) is 0 Å². The van der Waals surface area contributed by atoms with Crippen molar-refractivity contribution in [1.29, 1.82) is 0 Å². The predicted octanol–water partition coefficient (Wildman–Crippen LogP) is 3.74. The molecule has 0 heterocycles. The van der Waals surface area contributed by atoms with Gasteiger partial charge in [0.2, 0.25) is 0 Å². The Balaban J connectivity index is 1.59. The van der Waals surface area contributed by atoms with Gasteiger partial charge in [-0.2, -0.15) is 0 Å². The Morgan fingerprint density at radius 3 is 2.09 bits per heavy atom. The Hall–Kier alpha value is -3.93. The van der Waals surface area contributed by atoms with Gasteiger partial charge in [-0.15, -0.1) is 0 Å². The van der Waals surface area contributed by atoms with Crippen LogP contribution in [-0.2, 0) is 29.1 Å². The molecule has 0 unspecified atom stereocenters. The molecule has 0 spiro atoms. The van der Waals surface area contributed by atoms with Gasteiger partial charge in [-0.25, -0.2) is 0 Å². The number of carbonyl (C=O) groups is 3. The van der Waals surface area contributed by atoms with Crippen molar-refractivity contribution in [3.63, 3.8) is 0 Å². The summed E-state index contributed by atoms with van der Waals surface area (Å²) < 4.78 is 0. The number of benzene rings is 3. The molecular weight excluding hydrogens is 402 g/mol. The Morgan fingerprint density at radius 2 is 1.38 bits per heavy atom. The van der Waals surface area contributed by atoms with E-state index in [1.54, 1.807) is 24.3 Å². The molecule has 0 aromatic heterocycles. The van der Waals surface area contributed by atoms with Crippen molar-refractivity contribution in [3.8, 4) is 0 Å². The number of hydrogen-bond acceptors (Lipinski definition) is 3. The molecule has 0 radical (unpaired) electrons. The van der Waals surface area contributed by atoms with Crippen LogP contribution in [0.4, 0.5) is 5.69 Å². The highest BCUT2D eigenvalue weighted by atomic mass is 16.2. The van der Waals surface area contributed by atoms with Gasteiger partial charge >= 0.3 is 11.8 Å². The molecule has 3 aromatic rings. The summed E-state index contributed by atoms with van der Waals surface area (Å²) in [6.07, 6.45) is 0.937. The summed E-state index contributed by atoms with van der Waals surface area (Å²) in [5.41, 5.74) is 4.76. The van der Waals surface area contributed by atoms with E-state index in [1.807, 2.05) is 55.5 Å². The first-order chi connectivity index (χ1) is 15.5. The molecule has 32 heavy (non-hydrogen) atoms. The van der Waals surface area contributed by atoms with E-state index in [-0.39, 0.29) is 23.7 Å². The molecule has 0 aliphatic carbocycles. The summed E-state index contributed by atoms with van der Waals surface area (Å²) in [6.45, 7) is 4.66. The molecule has 164 valence electrons. The maximum absolute atomic E-state index is 12.7. The van der Waals surface area contributed by atoms with Crippen molar-refractivity contribution >= 4 is 23.4 Å². The van der Waals surface area contributed by atoms with E-state index in [4.69, 9.17) is 0 Å². The van der Waals surface area contributed by atoms with Crippen molar-refractivity contribution in [3.05, 3.63) is 101 Å². The van der Waals surface area contributed by atoms with Gasteiger partial charge in [0.05, 0.1) is 11.3 Å². The smallest absolute Gasteiger partial charge is 0.313 e. The second kappa shape index (κ2) is 10.9. The van der Waals surface area contributed by atoms with Crippen LogP contribution >= 0.6 is 0 Å². The highest BCUT2D eigenvalue weighted by Crippen LogP contribution is 2.16. The van der Waals surface area contributed by atoms with E-state index in [0.29, 0.717) is 6.54 Å². The number of aryl methyl sites for hydroxylation is 2. The van der Waals surface area contributed by atoms with Crippen molar-refractivity contribution in [2.24, 2.45) is 0 Å². The van der Waals surface area contributed by atoms with Gasteiger partial charge in [0, 0.05) is 13.1 Å². The second-order valence-electron chi connectivity index (χ2n) is 7.46. The third-order valence-electron chi connectivity index (χ3n) is 5.21. The average Bonchev–Trinajstić information content (AvgIpc) is 2.82. The van der Waals surface area contributed by atoms with Crippen molar-refractivity contribution < 1.29 is 14.4 Å². The summed E-state index contributed by atoms with van der Waals surface area (Å²) in [6, 6.07) is 22.2. The Kier molecular flexibility index (Phi) is 7.75. The van der Waals surface area contributed by atoms with Crippen LogP contribution in [0.3, 0.4) is 0 Å². The molecular formula is C26H27N3O3. The number of rotatable bonds is 7. The first-order valence-electron chi connectivity index (χ1n) is 10.6. The predicted molar refractivity (Wildman–Crippen MR) is 125 cm³/mol. The van der Waals surface area contributed by atoms with Gasteiger partial charge in [-0.1, -0.05) is 67.6 Å². The van der Waals surface area contributed by atoms with Crippen molar-refractivity contribution in [1.82, 2.24) is 10.6 Å². The Labute approximate surface area is 188 Å². The number of para-hydroxylation sites is 1. The third-order valence-corrected chi connectivity index (χ3v) is 5.21. The molecule has 3 amide bonds. The Bertz CT molecular complexity index is 1110. The van der Waals surface area contributed by atoms with Gasteiger partial charge in [-0.05, 0) is 47.7 Å². The lowest BCUT2D eigenvalue weighted by atomic mass is 10.1. The number of hydrogen-bond donors (Lipinski definition) is 3. The van der Waals surface area contributed by atoms with Crippen molar-refractivity contribution in [2.75, 3.05) is 5.32 Å². The first-order valence-corrected chi connectivity index (χ1v) is 10.6. The lowest BCUT2D eigenvalue weighted by Gasteiger charge is -2.12. The molecule has 3 N–H and O–H groups in total. The lowest BCUT2D eigenvalue weighted by molar-refractivity contribution is -0.136. The SMILES string of the molecule is CCc1ccc(CNC(=O)C(=O)Nc2ccccc2C(=O)NCc2ccccc2C)cc1. The maximum atomic E-state index is 12.7. The first kappa shape index (κ1) is 22.7. The second-order valence-corrected chi connectivity index (χ2v) is 7.46. The average molecular weight is 430 g/mol. The lowest BCUT2D eigenvalue weighted by Crippen LogP contribution is -2.35. The minimum atomic E-state index is -0.825. The molecule has 0 bridgehead atoms. The summed E-state index contributed by atoms with van der Waals surface area (Å²) in [5, 5.41) is 8.01. The van der Waals surface area contributed by atoms with Gasteiger partial charge in [0.25, 0.3) is 5.91 Å². The van der Waals surface area contributed by atoms with Crippen LogP contribution in [0, 0.1) is 6.92 Å². The molecule has 0 aliphatic rings. The molecule has 0 fully saturated rings. The number of nitrogens with one attached hydrogen (secondary N) is 3. The summed E-state index contributed by atoms with van der Waals surface area (Å²) in [4.78, 5) is 37.3. The quantitative estimate of drug-likeness (QED) is 0.500. The van der Waals surface area contributed by atoms with Crippen molar-refractivity contribution in [2.45, 2.75) is 33.4 Å². The number of amides is 3. The zero-order valence-corrected chi connectivity index (χ0v) is 18.3. The molecule has 6 heteroatoms. The fourth-order valence-corrected chi connectivity index (χ4v) is 3.20. The van der Waals surface area contributed by atoms with E-state index in [9.17, 15) is 14.4 Å². The normalized spacial score (nSPS) is 10.3. The van der Waals surface area contributed by atoms with Crippen LogP contribution in [0.5, 0.6) is 0 Å². The monoisotopic (exact) mass is 429 g/mol. The fraction of sp³-hybridized carbons (Fsp3) is 0.192. The summed E-state index contributed by atoms with van der Waals surface area (Å²) in [5.74, 6) is -1.92. The third kappa shape index (κ3) is 6.04. The topological polar surface area (TPSA) is 87.3 Å². The van der Waals surface area contributed by atoms with Crippen LogP contribution in [-0.4, -0.2) is 17.7 Å². The van der Waals surface area contributed by atoms with E-state index in [2.05, 4.69) is 22.9 Å². The zero-order valence-electron chi connectivity index (χ0n) is 18.3. The van der Waals surface area contributed by atoms with Gasteiger partial charge < -0.3 is 16.0 Å². The molecule has 0 saturated carbocycles. The minimum absolute atomic E-state index is 0.245. The minimum Gasteiger partial charge on any atom is -0.348 e. The molecule has 6 nitrogen and oxygen atoms in total. The summed E-state index contributed by atoms with van der Waals surface area (Å²) >= 11 is 0. The molecule has 0 aliphatic heterocycles. The molecule has 0 saturated heterocycles. The summed E-state index contributed by atoms with van der Waals surface area (Å²) in [7, 11) is 0. The number of anilines is 1. The maximum Gasteiger partial charge on any atom is 0.313 e. The van der Waals surface area contributed by atoms with Crippen LogP contribution in [0.2, 0.25) is 0 Å². The Morgan fingerprint density at radius 1 is 0.719 bits per heavy atom. The van der Waals surface area contributed by atoms with Crippen LogP contribution in [0.1, 0.15) is 39.5 Å². The van der Waals surface area contributed by atoms with E-state index >= 15 is 0 Å².